The van der Waals surface area contributed by atoms with Gasteiger partial charge in [0, 0.05) is 62.1 Å². The number of nitrogens with zero attached hydrogens (tertiary/aromatic N) is 3. The van der Waals surface area contributed by atoms with Gasteiger partial charge in [0.25, 0.3) is 11.5 Å². The molecule has 0 radical (unpaired) electrons. The molecular weight excluding hydrogens is 424 g/mol. The van der Waals surface area contributed by atoms with Crippen LogP contribution in [0.5, 0.6) is 0 Å². The van der Waals surface area contributed by atoms with E-state index < -0.39 is 0 Å². The Kier molecular flexibility index (Phi) is 5.84. The molecule has 0 spiro atoms. The standard InChI is InChI=1S/C23H28N6O2S/c1-2-24-22(31)19-14-32-23(27-19)29-10-8-28(9-11-29)13-15-5-6-16-18(12-15)26-21(30)17-4-3-7-25-20(16)17/h5-6,12,14,25H,2-4,7-11,13H2,1H3,(H,24,31)(H,26,30). The van der Waals surface area contributed by atoms with E-state index in [-0.39, 0.29) is 11.5 Å². The molecule has 0 bridgehead atoms. The quantitative estimate of drug-likeness (QED) is 0.551. The zero-order chi connectivity index (χ0) is 22.1. The maximum atomic E-state index is 12.5. The predicted molar refractivity (Wildman–Crippen MR) is 129 cm³/mol. The zero-order valence-corrected chi connectivity index (χ0v) is 19.1. The van der Waals surface area contributed by atoms with E-state index in [1.54, 1.807) is 0 Å². The number of nitrogens with one attached hydrogen (secondary N) is 3. The highest BCUT2D eigenvalue weighted by atomic mass is 32.1. The van der Waals surface area contributed by atoms with E-state index in [0.717, 1.165) is 79.4 Å². The lowest BCUT2D eigenvalue weighted by molar-refractivity contribution is 0.0951. The van der Waals surface area contributed by atoms with E-state index in [1.165, 1.54) is 16.9 Å². The minimum Gasteiger partial charge on any atom is -0.384 e. The van der Waals surface area contributed by atoms with Crippen molar-refractivity contribution >= 4 is 39.0 Å². The van der Waals surface area contributed by atoms with Crippen LogP contribution in [-0.4, -0.2) is 60.0 Å². The summed E-state index contributed by atoms with van der Waals surface area (Å²) in [7, 11) is 0. The normalized spacial score (nSPS) is 16.6. The lowest BCUT2D eigenvalue weighted by Crippen LogP contribution is -2.46. The van der Waals surface area contributed by atoms with Crippen LogP contribution in [0.15, 0.2) is 28.4 Å². The molecule has 0 aliphatic carbocycles. The highest BCUT2D eigenvalue weighted by Gasteiger charge is 2.21. The molecule has 8 nitrogen and oxygen atoms in total. The van der Waals surface area contributed by atoms with Crippen molar-refractivity contribution in [3.8, 4) is 0 Å². The van der Waals surface area contributed by atoms with Gasteiger partial charge in [-0.2, -0.15) is 0 Å². The average Bonchev–Trinajstić information content (AvgIpc) is 3.30. The van der Waals surface area contributed by atoms with Gasteiger partial charge in [0.05, 0.1) is 11.2 Å². The lowest BCUT2D eigenvalue weighted by Gasteiger charge is -2.34. The summed E-state index contributed by atoms with van der Waals surface area (Å²) in [5.74, 6) is -0.112. The SMILES string of the molecule is CCNC(=O)c1csc(N2CCN(Cc3ccc4c5c(c(=O)[nH]c4c3)CCCN5)CC2)n1. The van der Waals surface area contributed by atoms with E-state index in [2.05, 4.69) is 48.6 Å². The molecule has 0 unspecified atom stereocenters. The number of fused-ring (bicyclic) bond motifs is 3. The molecule has 0 atom stereocenters. The van der Waals surface area contributed by atoms with E-state index in [9.17, 15) is 9.59 Å². The van der Waals surface area contributed by atoms with Crippen molar-refractivity contribution in [1.82, 2.24) is 20.2 Å². The third-order valence-corrected chi connectivity index (χ3v) is 7.10. The summed E-state index contributed by atoms with van der Waals surface area (Å²) in [5, 5.41) is 10.1. The smallest absolute Gasteiger partial charge is 0.270 e. The second-order valence-electron chi connectivity index (χ2n) is 8.36. The summed E-state index contributed by atoms with van der Waals surface area (Å²) in [5.41, 5.74) is 4.51. The molecule has 2 aliphatic heterocycles. The topological polar surface area (TPSA) is 93.4 Å². The van der Waals surface area contributed by atoms with Crippen molar-refractivity contribution in [2.75, 3.05) is 49.5 Å². The molecule has 1 fully saturated rings. The van der Waals surface area contributed by atoms with Crippen LogP contribution in [0.2, 0.25) is 0 Å². The number of carbonyl (C=O) groups excluding carboxylic acids is 1. The van der Waals surface area contributed by atoms with Crippen molar-refractivity contribution in [3.05, 3.63) is 50.8 Å². The largest absolute Gasteiger partial charge is 0.384 e. The lowest BCUT2D eigenvalue weighted by atomic mass is 10.0. The molecule has 1 amide bonds. The van der Waals surface area contributed by atoms with E-state index in [4.69, 9.17) is 0 Å². The van der Waals surface area contributed by atoms with Crippen LogP contribution in [-0.2, 0) is 13.0 Å². The number of hydrogen-bond acceptors (Lipinski definition) is 7. The molecule has 3 N–H and O–H groups in total. The fourth-order valence-corrected chi connectivity index (χ4v) is 5.38. The number of aromatic amines is 1. The molecule has 2 aliphatic rings. The Hall–Kier alpha value is -2.91. The van der Waals surface area contributed by atoms with Gasteiger partial charge in [-0.3, -0.25) is 14.5 Å². The number of benzene rings is 1. The first-order valence-corrected chi connectivity index (χ1v) is 12.1. The van der Waals surface area contributed by atoms with Gasteiger partial charge in [-0.25, -0.2) is 4.98 Å². The number of amides is 1. The number of rotatable bonds is 5. The van der Waals surface area contributed by atoms with E-state index in [0.29, 0.717) is 12.2 Å². The number of hydrogen-bond donors (Lipinski definition) is 3. The van der Waals surface area contributed by atoms with Crippen LogP contribution >= 0.6 is 11.3 Å². The summed E-state index contributed by atoms with van der Waals surface area (Å²) in [6.07, 6.45) is 1.84. The Morgan fingerprint density at radius 2 is 2.09 bits per heavy atom. The highest BCUT2D eigenvalue weighted by Crippen LogP contribution is 2.28. The van der Waals surface area contributed by atoms with Crippen LogP contribution in [0.25, 0.3) is 10.9 Å². The Labute approximate surface area is 190 Å². The Balaban J connectivity index is 1.24. The number of carbonyl (C=O) groups is 1. The van der Waals surface area contributed by atoms with Crippen LogP contribution < -0.4 is 21.1 Å². The molecule has 1 saturated heterocycles. The van der Waals surface area contributed by atoms with Crippen LogP contribution in [0.1, 0.15) is 35.0 Å². The number of pyridine rings is 1. The van der Waals surface area contributed by atoms with Crippen molar-refractivity contribution in [1.29, 1.82) is 0 Å². The Morgan fingerprint density at radius 3 is 2.91 bits per heavy atom. The van der Waals surface area contributed by atoms with E-state index in [1.807, 2.05) is 12.3 Å². The van der Waals surface area contributed by atoms with E-state index >= 15 is 0 Å². The third-order valence-electron chi connectivity index (χ3n) is 6.19. The third kappa shape index (κ3) is 4.10. The summed E-state index contributed by atoms with van der Waals surface area (Å²) >= 11 is 1.53. The van der Waals surface area contributed by atoms with Gasteiger partial charge in [0.15, 0.2) is 5.13 Å². The predicted octanol–water partition coefficient (Wildman–Crippen LogP) is 2.41. The fraction of sp³-hybridized carbons (Fsp3) is 0.435. The number of H-pyrrole nitrogens is 1. The molecule has 0 saturated carbocycles. The zero-order valence-electron chi connectivity index (χ0n) is 18.2. The summed E-state index contributed by atoms with van der Waals surface area (Å²) < 4.78 is 0. The Morgan fingerprint density at radius 1 is 1.25 bits per heavy atom. The van der Waals surface area contributed by atoms with Gasteiger partial charge in [-0.05, 0) is 31.4 Å². The first-order valence-electron chi connectivity index (χ1n) is 11.2. The minimum atomic E-state index is -0.112. The molecule has 168 valence electrons. The molecular formula is C23H28N6O2S. The molecule has 4 heterocycles. The van der Waals surface area contributed by atoms with Gasteiger partial charge < -0.3 is 20.5 Å². The fourth-order valence-electron chi connectivity index (χ4n) is 4.52. The Bertz CT molecular complexity index is 1190. The highest BCUT2D eigenvalue weighted by molar-refractivity contribution is 7.13. The maximum Gasteiger partial charge on any atom is 0.270 e. The maximum absolute atomic E-state index is 12.5. The first-order chi connectivity index (χ1) is 15.6. The van der Waals surface area contributed by atoms with Gasteiger partial charge in [0.1, 0.15) is 5.69 Å². The molecule has 3 aromatic rings. The summed E-state index contributed by atoms with van der Waals surface area (Å²) in [4.78, 5) is 36.7. The minimum absolute atomic E-state index is 0.0286. The molecule has 9 heteroatoms. The monoisotopic (exact) mass is 452 g/mol. The van der Waals surface area contributed by atoms with Crippen molar-refractivity contribution in [3.63, 3.8) is 0 Å². The molecule has 1 aromatic carbocycles. The molecule has 2 aromatic heterocycles. The van der Waals surface area contributed by atoms with Gasteiger partial charge in [-0.15, -0.1) is 11.3 Å². The van der Waals surface area contributed by atoms with Gasteiger partial charge in [0.2, 0.25) is 0 Å². The number of piperazine rings is 1. The van der Waals surface area contributed by atoms with Gasteiger partial charge in [-0.1, -0.05) is 12.1 Å². The second kappa shape index (κ2) is 8.91. The van der Waals surface area contributed by atoms with Gasteiger partial charge >= 0.3 is 0 Å². The van der Waals surface area contributed by atoms with Crippen LogP contribution in [0, 0.1) is 0 Å². The summed E-state index contributed by atoms with van der Waals surface area (Å²) in [6, 6.07) is 6.41. The van der Waals surface area contributed by atoms with Crippen LogP contribution in [0.3, 0.4) is 0 Å². The van der Waals surface area contributed by atoms with Crippen molar-refractivity contribution in [2.45, 2.75) is 26.3 Å². The number of thiazole rings is 1. The molecule has 32 heavy (non-hydrogen) atoms. The molecule has 5 rings (SSSR count). The van der Waals surface area contributed by atoms with Crippen molar-refractivity contribution < 1.29 is 4.79 Å². The summed E-state index contributed by atoms with van der Waals surface area (Å²) in [6.45, 7) is 7.88. The number of aromatic nitrogens is 2. The van der Waals surface area contributed by atoms with Crippen LogP contribution in [0.4, 0.5) is 10.8 Å². The van der Waals surface area contributed by atoms with Crippen molar-refractivity contribution in [2.24, 2.45) is 0 Å². The average molecular weight is 453 g/mol. The second-order valence-corrected chi connectivity index (χ2v) is 9.19. The first kappa shape index (κ1) is 21.0. The number of anilines is 2.